The highest BCUT2D eigenvalue weighted by atomic mass is 16.6. The second kappa shape index (κ2) is 8.20. The molecule has 0 saturated carbocycles. The topological polar surface area (TPSA) is 131 Å². The second-order valence-electron chi connectivity index (χ2n) is 4.75. The van der Waals surface area contributed by atoms with Gasteiger partial charge in [-0.3, -0.25) is 14.9 Å². The lowest BCUT2D eigenvalue weighted by molar-refractivity contribution is -0.384. The highest BCUT2D eigenvalue weighted by Gasteiger charge is 2.08. The summed E-state index contributed by atoms with van der Waals surface area (Å²) >= 11 is 0. The van der Waals surface area contributed by atoms with Crippen LogP contribution in [-0.4, -0.2) is 34.7 Å². The number of aliphatic carboxylic acids is 1. The number of carbonyl (C=O) groups excluding carboxylic acids is 1. The molecular formula is C16H13N3O6. The van der Waals surface area contributed by atoms with Gasteiger partial charge >= 0.3 is 5.97 Å². The van der Waals surface area contributed by atoms with Gasteiger partial charge in [0.15, 0.2) is 6.61 Å². The van der Waals surface area contributed by atoms with Gasteiger partial charge in [-0.25, -0.2) is 10.2 Å². The van der Waals surface area contributed by atoms with Crippen molar-refractivity contribution < 1.29 is 24.4 Å². The molecule has 0 radical (unpaired) electrons. The van der Waals surface area contributed by atoms with Crippen molar-refractivity contribution in [2.24, 2.45) is 5.10 Å². The van der Waals surface area contributed by atoms with Gasteiger partial charge in [0.1, 0.15) is 5.75 Å². The van der Waals surface area contributed by atoms with Crippen LogP contribution in [0.5, 0.6) is 5.75 Å². The molecular weight excluding hydrogens is 330 g/mol. The van der Waals surface area contributed by atoms with Crippen LogP contribution >= 0.6 is 0 Å². The van der Waals surface area contributed by atoms with Crippen LogP contribution in [0.1, 0.15) is 15.9 Å². The normalized spacial score (nSPS) is 10.4. The number of carboxylic acids is 1. The number of carbonyl (C=O) groups is 2. The Bertz CT molecular complexity index is 800. The molecule has 0 heterocycles. The van der Waals surface area contributed by atoms with E-state index in [1.54, 1.807) is 24.3 Å². The third-order valence-electron chi connectivity index (χ3n) is 2.96. The van der Waals surface area contributed by atoms with Crippen LogP contribution in [-0.2, 0) is 4.79 Å². The maximum atomic E-state index is 11.8. The summed E-state index contributed by atoms with van der Waals surface area (Å²) in [5.74, 6) is -1.18. The monoisotopic (exact) mass is 343 g/mol. The molecule has 0 unspecified atom stereocenters. The van der Waals surface area contributed by atoms with Gasteiger partial charge in [0.2, 0.25) is 0 Å². The molecule has 2 aromatic carbocycles. The smallest absolute Gasteiger partial charge is 0.341 e. The number of hydrogen-bond donors (Lipinski definition) is 2. The average Bonchev–Trinajstić information content (AvgIpc) is 2.61. The fourth-order valence-electron chi connectivity index (χ4n) is 1.76. The zero-order valence-corrected chi connectivity index (χ0v) is 12.8. The zero-order chi connectivity index (χ0) is 18.2. The number of hydrogen-bond acceptors (Lipinski definition) is 6. The predicted octanol–water partition coefficient (Wildman–Crippen LogP) is 1.82. The van der Waals surface area contributed by atoms with Crippen molar-refractivity contribution in [2.75, 3.05) is 6.61 Å². The van der Waals surface area contributed by atoms with Gasteiger partial charge in [-0.1, -0.05) is 0 Å². The second-order valence-corrected chi connectivity index (χ2v) is 4.75. The van der Waals surface area contributed by atoms with Crippen molar-refractivity contribution in [3.05, 3.63) is 69.8 Å². The summed E-state index contributed by atoms with van der Waals surface area (Å²) < 4.78 is 4.99. The van der Waals surface area contributed by atoms with E-state index in [2.05, 4.69) is 10.5 Å². The molecule has 9 heteroatoms. The van der Waals surface area contributed by atoms with E-state index in [1.165, 1.54) is 30.5 Å². The van der Waals surface area contributed by atoms with Crippen LogP contribution in [0.4, 0.5) is 5.69 Å². The minimum atomic E-state index is -1.07. The SMILES string of the molecule is O=C(O)COc1ccc(/C=N\NC(=O)c2ccc([N+](=O)[O-])cc2)cc1. The molecule has 0 aromatic heterocycles. The first-order valence-electron chi connectivity index (χ1n) is 6.98. The van der Waals surface area contributed by atoms with E-state index in [9.17, 15) is 19.7 Å². The Morgan fingerprint density at radius 3 is 2.36 bits per heavy atom. The number of carboxylic acid groups (broad SMARTS) is 1. The van der Waals surface area contributed by atoms with Gasteiger partial charge in [-0.15, -0.1) is 0 Å². The molecule has 9 nitrogen and oxygen atoms in total. The molecule has 0 bridgehead atoms. The van der Waals surface area contributed by atoms with Crippen molar-refractivity contribution in [3.63, 3.8) is 0 Å². The summed E-state index contributed by atoms with van der Waals surface area (Å²) in [6.45, 7) is -0.432. The van der Waals surface area contributed by atoms with Crippen molar-refractivity contribution in [3.8, 4) is 5.75 Å². The van der Waals surface area contributed by atoms with Gasteiger partial charge in [-0.2, -0.15) is 5.10 Å². The number of nitrogens with zero attached hydrogens (tertiary/aromatic N) is 2. The van der Waals surface area contributed by atoms with Crippen molar-refractivity contribution in [2.45, 2.75) is 0 Å². The molecule has 128 valence electrons. The molecule has 2 N–H and O–H groups in total. The first kappa shape index (κ1) is 17.6. The number of hydrazone groups is 1. The van der Waals surface area contributed by atoms with E-state index in [0.717, 1.165) is 0 Å². The van der Waals surface area contributed by atoms with Gasteiger partial charge in [0.05, 0.1) is 11.1 Å². The van der Waals surface area contributed by atoms with Crippen molar-refractivity contribution >= 4 is 23.8 Å². The van der Waals surface area contributed by atoms with E-state index in [4.69, 9.17) is 9.84 Å². The number of ether oxygens (including phenoxy) is 1. The Morgan fingerprint density at radius 1 is 1.16 bits per heavy atom. The molecule has 0 fully saturated rings. The maximum absolute atomic E-state index is 11.8. The van der Waals surface area contributed by atoms with Gasteiger partial charge in [0.25, 0.3) is 11.6 Å². The van der Waals surface area contributed by atoms with E-state index in [0.29, 0.717) is 11.3 Å². The van der Waals surface area contributed by atoms with E-state index >= 15 is 0 Å². The summed E-state index contributed by atoms with van der Waals surface area (Å²) in [5, 5.41) is 22.9. The van der Waals surface area contributed by atoms with Crippen LogP contribution in [0.15, 0.2) is 53.6 Å². The van der Waals surface area contributed by atoms with E-state index in [1.807, 2.05) is 0 Å². The third kappa shape index (κ3) is 5.43. The Kier molecular flexibility index (Phi) is 5.77. The Morgan fingerprint density at radius 2 is 1.80 bits per heavy atom. The Hall–Kier alpha value is -3.75. The first-order chi connectivity index (χ1) is 12.0. The number of nitro benzene ring substituents is 1. The van der Waals surface area contributed by atoms with Crippen LogP contribution in [0.2, 0.25) is 0 Å². The molecule has 1 amide bonds. The van der Waals surface area contributed by atoms with Crippen molar-refractivity contribution in [1.29, 1.82) is 0 Å². The van der Waals surface area contributed by atoms with Crippen LogP contribution in [0, 0.1) is 10.1 Å². The number of benzene rings is 2. The average molecular weight is 343 g/mol. The quantitative estimate of drug-likeness (QED) is 0.448. The third-order valence-corrected chi connectivity index (χ3v) is 2.96. The van der Waals surface area contributed by atoms with Gasteiger partial charge in [-0.05, 0) is 42.0 Å². The molecule has 25 heavy (non-hydrogen) atoms. The largest absolute Gasteiger partial charge is 0.482 e. The summed E-state index contributed by atoms with van der Waals surface area (Å²) in [6.07, 6.45) is 1.39. The Balaban J connectivity index is 1.90. The fraction of sp³-hybridized carbons (Fsp3) is 0.0625. The summed E-state index contributed by atoms with van der Waals surface area (Å²) in [7, 11) is 0. The van der Waals surface area contributed by atoms with E-state index < -0.39 is 23.4 Å². The number of nitrogens with one attached hydrogen (secondary N) is 1. The van der Waals surface area contributed by atoms with Crippen LogP contribution in [0.3, 0.4) is 0 Å². The lowest BCUT2D eigenvalue weighted by atomic mass is 10.2. The summed E-state index contributed by atoms with van der Waals surface area (Å²) in [6, 6.07) is 11.5. The molecule has 0 aliphatic carbocycles. The minimum absolute atomic E-state index is 0.106. The number of rotatable bonds is 7. The molecule has 0 aliphatic rings. The molecule has 0 saturated heterocycles. The minimum Gasteiger partial charge on any atom is -0.482 e. The maximum Gasteiger partial charge on any atom is 0.341 e. The molecule has 2 rings (SSSR count). The van der Waals surface area contributed by atoms with Gasteiger partial charge in [0, 0.05) is 17.7 Å². The highest BCUT2D eigenvalue weighted by Crippen LogP contribution is 2.12. The summed E-state index contributed by atoms with van der Waals surface area (Å²) in [4.78, 5) is 32.2. The predicted molar refractivity (Wildman–Crippen MR) is 87.7 cm³/mol. The zero-order valence-electron chi connectivity index (χ0n) is 12.8. The number of nitro groups is 1. The standard InChI is InChI=1S/C16H13N3O6/c20-15(21)10-25-14-7-1-11(2-8-14)9-17-18-16(22)12-3-5-13(6-4-12)19(23)24/h1-9H,10H2,(H,18,22)(H,20,21)/b17-9-. The van der Waals surface area contributed by atoms with Crippen LogP contribution in [0.25, 0.3) is 0 Å². The van der Waals surface area contributed by atoms with Crippen molar-refractivity contribution in [1.82, 2.24) is 5.43 Å². The van der Waals surface area contributed by atoms with E-state index in [-0.39, 0.29) is 11.3 Å². The fourth-order valence-corrected chi connectivity index (χ4v) is 1.76. The molecule has 0 spiro atoms. The molecule has 2 aromatic rings. The molecule has 0 aliphatic heterocycles. The van der Waals surface area contributed by atoms with Gasteiger partial charge < -0.3 is 9.84 Å². The lowest BCUT2D eigenvalue weighted by Gasteiger charge is -2.03. The number of non-ortho nitro benzene ring substituents is 1. The highest BCUT2D eigenvalue weighted by molar-refractivity contribution is 5.95. The lowest BCUT2D eigenvalue weighted by Crippen LogP contribution is -2.17. The van der Waals surface area contributed by atoms with Crippen LogP contribution < -0.4 is 10.2 Å². The summed E-state index contributed by atoms with van der Waals surface area (Å²) in [5.41, 5.74) is 3.09. The molecule has 0 atom stereocenters. The Labute approximate surface area is 141 Å². The number of amides is 1. The first-order valence-corrected chi connectivity index (χ1v) is 6.98.